The lowest BCUT2D eigenvalue weighted by molar-refractivity contribution is -0.124. The van der Waals surface area contributed by atoms with Gasteiger partial charge in [-0.1, -0.05) is 0 Å². The Hall–Kier alpha value is -2.15. The monoisotopic (exact) mass is 282 g/mol. The molecule has 1 aromatic rings. The number of halogens is 1. The Morgan fingerprint density at radius 3 is 2.70 bits per heavy atom. The van der Waals surface area contributed by atoms with Gasteiger partial charge in [0.05, 0.1) is 18.3 Å². The summed E-state index contributed by atoms with van der Waals surface area (Å²) >= 11 is 0. The number of nitrogens with two attached hydrogens (primary N) is 1. The normalized spacial score (nSPS) is 12.1. The highest BCUT2D eigenvalue weighted by Gasteiger charge is 2.20. The summed E-state index contributed by atoms with van der Waals surface area (Å²) in [4.78, 5) is 24.8. The quantitative estimate of drug-likeness (QED) is 0.683. The van der Waals surface area contributed by atoms with Crippen LogP contribution >= 0.6 is 0 Å². The molecule has 0 fully saturated rings. The molecular formula is C13H19FN4O2. The average Bonchev–Trinajstić information content (AvgIpc) is 2.41. The van der Waals surface area contributed by atoms with Crippen LogP contribution in [0.3, 0.4) is 0 Å². The van der Waals surface area contributed by atoms with E-state index in [0.29, 0.717) is 5.69 Å². The lowest BCUT2D eigenvalue weighted by Gasteiger charge is -2.23. The van der Waals surface area contributed by atoms with Gasteiger partial charge in [-0.15, -0.1) is 0 Å². The zero-order chi connectivity index (χ0) is 15.3. The van der Waals surface area contributed by atoms with Gasteiger partial charge in [-0.2, -0.15) is 0 Å². The first-order valence-corrected chi connectivity index (χ1v) is 6.12. The Kier molecular flexibility index (Phi) is 5.45. The summed E-state index contributed by atoms with van der Waals surface area (Å²) < 4.78 is 13.5. The Labute approximate surface area is 117 Å². The van der Waals surface area contributed by atoms with Gasteiger partial charge in [0.1, 0.15) is 5.82 Å². The van der Waals surface area contributed by atoms with Crippen LogP contribution in [-0.4, -0.2) is 43.4 Å². The number of hydrogen-bond donors (Lipinski definition) is 3. The van der Waals surface area contributed by atoms with Gasteiger partial charge >= 0.3 is 0 Å². The SMILES string of the molecule is CNC(=O)CN(C)C(C)C(=O)Nc1cc(N)ccc1F. The van der Waals surface area contributed by atoms with E-state index in [4.69, 9.17) is 5.73 Å². The maximum Gasteiger partial charge on any atom is 0.241 e. The molecule has 1 aromatic carbocycles. The molecule has 0 radical (unpaired) electrons. The number of carbonyl (C=O) groups is 2. The Morgan fingerprint density at radius 2 is 2.10 bits per heavy atom. The van der Waals surface area contributed by atoms with Gasteiger partial charge in [-0.25, -0.2) is 4.39 Å². The molecule has 1 unspecified atom stereocenters. The number of benzene rings is 1. The number of anilines is 2. The van der Waals surface area contributed by atoms with E-state index >= 15 is 0 Å². The molecular weight excluding hydrogens is 263 g/mol. The van der Waals surface area contributed by atoms with Gasteiger partial charge in [0, 0.05) is 12.7 Å². The lowest BCUT2D eigenvalue weighted by atomic mass is 10.2. The number of carbonyl (C=O) groups excluding carboxylic acids is 2. The molecule has 7 heteroatoms. The molecule has 0 spiro atoms. The minimum atomic E-state index is -0.590. The van der Waals surface area contributed by atoms with Gasteiger partial charge in [-0.3, -0.25) is 14.5 Å². The number of hydrogen-bond acceptors (Lipinski definition) is 4. The van der Waals surface area contributed by atoms with Crippen molar-refractivity contribution < 1.29 is 14.0 Å². The number of amides is 2. The summed E-state index contributed by atoms with van der Waals surface area (Å²) in [5, 5.41) is 4.92. The van der Waals surface area contributed by atoms with E-state index < -0.39 is 17.8 Å². The van der Waals surface area contributed by atoms with Crippen LogP contribution in [0.2, 0.25) is 0 Å². The van der Waals surface area contributed by atoms with Crippen molar-refractivity contribution in [3.63, 3.8) is 0 Å². The van der Waals surface area contributed by atoms with Crippen LogP contribution in [0.4, 0.5) is 15.8 Å². The van der Waals surface area contributed by atoms with Crippen LogP contribution in [0.1, 0.15) is 6.92 Å². The van der Waals surface area contributed by atoms with Gasteiger partial charge in [0.15, 0.2) is 0 Å². The standard InChI is InChI=1S/C13H19FN4O2/c1-8(18(3)7-12(19)16-2)13(20)17-11-6-9(15)4-5-10(11)14/h4-6,8H,7,15H2,1-3H3,(H,16,19)(H,17,20). The molecule has 110 valence electrons. The van der Waals surface area contributed by atoms with E-state index in [9.17, 15) is 14.0 Å². The Balaban J connectivity index is 2.70. The van der Waals surface area contributed by atoms with Crippen LogP contribution in [0, 0.1) is 5.82 Å². The van der Waals surface area contributed by atoms with Crippen LogP contribution in [0.25, 0.3) is 0 Å². The molecule has 0 heterocycles. The van der Waals surface area contributed by atoms with Gasteiger partial charge in [-0.05, 0) is 32.2 Å². The van der Waals surface area contributed by atoms with Gasteiger partial charge in [0.2, 0.25) is 11.8 Å². The highest BCUT2D eigenvalue weighted by molar-refractivity contribution is 5.95. The third kappa shape index (κ3) is 4.20. The van der Waals surface area contributed by atoms with Crippen LogP contribution < -0.4 is 16.4 Å². The highest BCUT2D eigenvalue weighted by Crippen LogP contribution is 2.17. The van der Waals surface area contributed by atoms with Crippen molar-refractivity contribution in [2.75, 3.05) is 31.7 Å². The van der Waals surface area contributed by atoms with Gasteiger partial charge < -0.3 is 16.4 Å². The minimum Gasteiger partial charge on any atom is -0.399 e. The first-order valence-electron chi connectivity index (χ1n) is 6.12. The second-order valence-corrected chi connectivity index (χ2v) is 4.49. The van der Waals surface area contributed by atoms with E-state index in [2.05, 4.69) is 10.6 Å². The van der Waals surface area contributed by atoms with E-state index in [-0.39, 0.29) is 18.1 Å². The second kappa shape index (κ2) is 6.85. The summed E-state index contributed by atoms with van der Waals surface area (Å²) in [5.41, 5.74) is 5.92. The number of nitrogens with one attached hydrogen (secondary N) is 2. The summed E-state index contributed by atoms with van der Waals surface area (Å²) in [5.74, 6) is -1.18. The molecule has 0 aromatic heterocycles. The summed E-state index contributed by atoms with van der Waals surface area (Å²) in [6.07, 6.45) is 0. The van der Waals surface area contributed by atoms with E-state index in [1.807, 2.05) is 0 Å². The first kappa shape index (κ1) is 15.9. The molecule has 2 amide bonds. The van der Waals surface area contributed by atoms with E-state index in [1.165, 1.54) is 25.2 Å². The fourth-order valence-corrected chi connectivity index (χ4v) is 1.52. The number of rotatable bonds is 5. The summed E-state index contributed by atoms with van der Waals surface area (Å²) in [6, 6.07) is 3.35. The predicted octanol–water partition coefficient (Wildman–Crippen LogP) is 0.413. The fraction of sp³-hybridized carbons (Fsp3) is 0.385. The fourth-order valence-electron chi connectivity index (χ4n) is 1.52. The molecule has 0 aliphatic rings. The van der Waals surface area contributed by atoms with Crippen molar-refractivity contribution in [2.45, 2.75) is 13.0 Å². The molecule has 0 aliphatic heterocycles. The molecule has 0 aliphatic carbocycles. The maximum absolute atomic E-state index is 13.5. The van der Waals surface area contributed by atoms with E-state index in [1.54, 1.807) is 18.9 Å². The van der Waals surface area contributed by atoms with Crippen molar-refractivity contribution in [3.05, 3.63) is 24.0 Å². The Morgan fingerprint density at radius 1 is 1.45 bits per heavy atom. The molecule has 0 saturated heterocycles. The smallest absolute Gasteiger partial charge is 0.241 e. The second-order valence-electron chi connectivity index (χ2n) is 4.49. The number of nitrogen functional groups attached to an aromatic ring is 1. The van der Waals surface area contributed by atoms with Crippen molar-refractivity contribution in [1.29, 1.82) is 0 Å². The van der Waals surface area contributed by atoms with Crippen molar-refractivity contribution in [3.8, 4) is 0 Å². The van der Waals surface area contributed by atoms with Crippen LogP contribution in [0.5, 0.6) is 0 Å². The third-order valence-corrected chi connectivity index (χ3v) is 2.96. The molecule has 1 atom stereocenters. The molecule has 20 heavy (non-hydrogen) atoms. The molecule has 1 rings (SSSR count). The zero-order valence-electron chi connectivity index (χ0n) is 11.7. The molecule has 4 N–H and O–H groups in total. The zero-order valence-corrected chi connectivity index (χ0v) is 11.7. The molecule has 6 nitrogen and oxygen atoms in total. The maximum atomic E-state index is 13.5. The van der Waals surface area contributed by atoms with Crippen LogP contribution in [-0.2, 0) is 9.59 Å². The van der Waals surface area contributed by atoms with E-state index in [0.717, 1.165) is 0 Å². The Bertz CT molecular complexity index is 507. The summed E-state index contributed by atoms with van der Waals surface area (Å²) in [7, 11) is 3.15. The minimum absolute atomic E-state index is 0.0233. The average molecular weight is 282 g/mol. The van der Waals surface area contributed by atoms with Gasteiger partial charge in [0.25, 0.3) is 0 Å². The summed E-state index contributed by atoms with van der Waals surface area (Å²) in [6.45, 7) is 1.70. The van der Waals surface area contributed by atoms with Crippen molar-refractivity contribution >= 4 is 23.2 Å². The lowest BCUT2D eigenvalue weighted by Crippen LogP contribution is -2.44. The molecule has 0 saturated carbocycles. The first-order chi connectivity index (χ1) is 9.35. The van der Waals surface area contributed by atoms with Crippen LogP contribution in [0.15, 0.2) is 18.2 Å². The largest absolute Gasteiger partial charge is 0.399 e. The molecule has 0 bridgehead atoms. The topological polar surface area (TPSA) is 87.5 Å². The highest BCUT2D eigenvalue weighted by atomic mass is 19.1. The number of nitrogens with zero attached hydrogens (tertiary/aromatic N) is 1. The van der Waals surface area contributed by atoms with Crippen molar-refractivity contribution in [2.24, 2.45) is 0 Å². The van der Waals surface area contributed by atoms with Crippen molar-refractivity contribution in [1.82, 2.24) is 10.2 Å². The third-order valence-electron chi connectivity index (χ3n) is 2.96. The number of likely N-dealkylation sites (N-methyl/N-ethyl adjacent to an activating group) is 2. The predicted molar refractivity (Wildman–Crippen MR) is 75.6 cm³/mol.